The summed E-state index contributed by atoms with van der Waals surface area (Å²) in [6.07, 6.45) is 8.08. The van der Waals surface area contributed by atoms with E-state index in [1.165, 1.54) is 32.1 Å². The summed E-state index contributed by atoms with van der Waals surface area (Å²) in [6, 6.07) is 7.76. The zero-order valence-corrected chi connectivity index (χ0v) is 13.7. The third kappa shape index (κ3) is 4.02. The Morgan fingerprint density at radius 3 is 2.59 bits per heavy atom. The van der Waals surface area contributed by atoms with Gasteiger partial charge in [0.2, 0.25) is 5.95 Å². The van der Waals surface area contributed by atoms with E-state index in [-0.39, 0.29) is 0 Å². The minimum absolute atomic E-state index is 0.503. The molecule has 1 aliphatic carbocycles. The van der Waals surface area contributed by atoms with Crippen LogP contribution in [-0.4, -0.2) is 16.0 Å². The lowest BCUT2D eigenvalue weighted by molar-refractivity contribution is 0.462. The van der Waals surface area contributed by atoms with Gasteiger partial charge in [-0.2, -0.15) is 4.98 Å². The number of anilines is 3. The van der Waals surface area contributed by atoms with E-state index < -0.39 is 0 Å². The highest BCUT2D eigenvalue weighted by atomic mass is 35.5. The number of hydrogen-bond acceptors (Lipinski definition) is 4. The van der Waals surface area contributed by atoms with Crippen LogP contribution in [0.25, 0.3) is 0 Å². The number of aromatic nitrogens is 2. The summed E-state index contributed by atoms with van der Waals surface area (Å²) in [5, 5.41) is 7.67. The standard InChI is InChI=1S/C16H18Cl2N4/c17-13-7-6-12(10-14(13)18)21-16-19-9-8-15(22-16)20-11-4-2-1-3-5-11/h6-11H,1-5H2,(H2,19,20,21,22). The second kappa shape index (κ2) is 7.16. The smallest absolute Gasteiger partial charge is 0.229 e. The highest BCUT2D eigenvalue weighted by Crippen LogP contribution is 2.26. The lowest BCUT2D eigenvalue weighted by Crippen LogP contribution is -2.22. The molecule has 2 aromatic rings. The minimum Gasteiger partial charge on any atom is -0.367 e. The average Bonchev–Trinajstić information content (AvgIpc) is 2.52. The van der Waals surface area contributed by atoms with Gasteiger partial charge < -0.3 is 10.6 Å². The molecule has 6 heteroatoms. The molecule has 0 atom stereocenters. The van der Waals surface area contributed by atoms with Gasteiger partial charge in [0, 0.05) is 17.9 Å². The van der Waals surface area contributed by atoms with Crippen LogP contribution in [-0.2, 0) is 0 Å². The first-order valence-corrected chi connectivity index (χ1v) is 8.28. The summed E-state index contributed by atoms with van der Waals surface area (Å²) in [5.74, 6) is 1.39. The fourth-order valence-corrected chi connectivity index (χ4v) is 2.96. The van der Waals surface area contributed by atoms with Crippen molar-refractivity contribution in [3.05, 3.63) is 40.5 Å². The van der Waals surface area contributed by atoms with Crippen LogP contribution in [0.3, 0.4) is 0 Å². The fraction of sp³-hybridized carbons (Fsp3) is 0.375. The molecule has 1 aromatic heterocycles. The Morgan fingerprint density at radius 2 is 1.82 bits per heavy atom. The van der Waals surface area contributed by atoms with Crippen LogP contribution in [0.4, 0.5) is 17.5 Å². The lowest BCUT2D eigenvalue weighted by Gasteiger charge is -2.23. The molecule has 3 rings (SSSR count). The molecule has 1 heterocycles. The molecule has 0 amide bonds. The monoisotopic (exact) mass is 336 g/mol. The van der Waals surface area contributed by atoms with E-state index in [2.05, 4.69) is 20.6 Å². The number of halogens is 2. The van der Waals surface area contributed by atoms with Crippen molar-refractivity contribution in [2.45, 2.75) is 38.1 Å². The molecule has 0 spiro atoms. The third-order valence-corrected chi connectivity index (χ3v) is 4.53. The predicted molar refractivity (Wildman–Crippen MR) is 92.3 cm³/mol. The average molecular weight is 337 g/mol. The molecular weight excluding hydrogens is 319 g/mol. The number of benzene rings is 1. The lowest BCUT2D eigenvalue weighted by atomic mass is 9.95. The highest BCUT2D eigenvalue weighted by Gasteiger charge is 2.13. The molecule has 0 unspecified atom stereocenters. The van der Waals surface area contributed by atoms with Crippen molar-refractivity contribution in [1.82, 2.24) is 9.97 Å². The minimum atomic E-state index is 0.503. The Morgan fingerprint density at radius 1 is 1.00 bits per heavy atom. The van der Waals surface area contributed by atoms with Crippen LogP contribution in [0.5, 0.6) is 0 Å². The second-order valence-electron chi connectivity index (χ2n) is 5.50. The molecule has 1 aromatic carbocycles. The highest BCUT2D eigenvalue weighted by molar-refractivity contribution is 6.42. The largest absolute Gasteiger partial charge is 0.367 e. The number of hydrogen-bond donors (Lipinski definition) is 2. The van der Waals surface area contributed by atoms with E-state index in [4.69, 9.17) is 23.2 Å². The summed E-state index contributed by atoms with van der Waals surface area (Å²) in [4.78, 5) is 8.75. The van der Waals surface area contributed by atoms with Crippen molar-refractivity contribution in [1.29, 1.82) is 0 Å². The molecule has 0 bridgehead atoms. The molecule has 22 heavy (non-hydrogen) atoms. The van der Waals surface area contributed by atoms with Crippen molar-refractivity contribution >= 4 is 40.7 Å². The van der Waals surface area contributed by atoms with Crippen molar-refractivity contribution in [2.24, 2.45) is 0 Å². The summed E-state index contributed by atoms with van der Waals surface area (Å²) in [7, 11) is 0. The Kier molecular flexibility index (Phi) is 5.01. The first-order valence-electron chi connectivity index (χ1n) is 7.52. The van der Waals surface area contributed by atoms with Gasteiger partial charge >= 0.3 is 0 Å². The topological polar surface area (TPSA) is 49.8 Å². The Labute approximate surface area is 140 Å². The molecular formula is C16H18Cl2N4. The van der Waals surface area contributed by atoms with Crippen LogP contribution >= 0.6 is 23.2 Å². The number of nitrogens with one attached hydrogen (secondary N) is 2. The maximum absolute atomic E-state index is 6.02. The maximum atomic E-state index is 6.02. The van der Waals surface area contributed by atoms with Gasteiger partial charge in [0.25, 0.3) is 0 Å². The quantitative estimate of drug-likeness (QED) is 0.798. The third-order valence-electron chi connectivity index (χ3n) is 3.79. The molecule has 116 valence electrons. The summed E-state index contributed by atoms with van der Waals surface area (Å²) < 4.78 is 0. The molecule has 1 aliphatic rings. The molecule has 0 aliphatic heterocycles. The molecule has 1 fully saturated rings. The predicted octanol–water partition coefficient (Wildman–Crippen LogP) is 5.27. The van der Waals surface area contributed by atoms with Crippen molar-refractivity contribution in [2.75, 3.05) is 10.6 Å². The van der Waals surface area contributed by atoms with Gasteiger partial charge in [-0.1, -0.05) is 42.5 Å². The first-order chi connectivity index (χ1) is 10.7. The summed E-state index contributed by atoms with van der Waals surface area (Å²) in [6.45, 7) is 0. The van der Waals surface area contributed by atoms with Crippen molar-refractivity contribution in [3.63, 3.8) is 0 Å². The molecule has 4 nitrogen and oxygen atoms in total. The van der Waals surface area contributed by atoms with Crippen LogP contribution in [0, 0.1) is 0 Å². The first kappa shape index (κ1) is 15.4. The Bertz CT molecular complexity index is 642. The molecule has 0 saturated heterocycles. The SMILES string of the molecule is Clc1ccc(Nc2nccc(NC3CCCCC3)n2)cc1Cl. The second-order valence-corrected chi connectivity index (χ2v) is 6.31. The van der Waals surface area contributed by atoms with Crippen molar-refractivity contribution < 1.29 is 0 Å². The molecule has 2 N–H and O–H groups in total. The van der Waals surface area contributed by atoms with E-state index in [9.17, 15) is 0 Å². The van der Waals surface area contributed by atoms with Crippen LogP contribution in [0.15, 0.2) is 30.5 Å². The van der Waals surface area contributed by atoms with E-state index in [0.29, 0.717) is 22.0 Å². The zero-order chi connectivity index (χ0) is 15.4. The van der Waals surface area contributed by atoms with Crippen LogP contribution in [0.2, 0.25) is 10.0 Å². The van der Waals surface area contributed by atoms with Gasteiger partial charge in [0.15, 0.2) is 0 Å². The van der Waals surface area contributed by atoms with Gasteiger partial charge in [0.05, 0.1) is 10.0 Å². The van der Waals surface area contributed by atoms with Gasteiger partial charge in [-0.15, -0.1) is 0 Å². The molecule has 1 saturated carbocycles. The van der Waals surface area contributed by atoms with Gasteiger partial charge in [-0.25, -0.2) is 4.98 Å². The van der Waals surface area contributed by atoms with E-state index in [1.807, 2.05) is 12.1 Å². The number of rotatable bonds is 4. The Balaban J connectivity index is 1.68. The molecule has 0 radical (unpaired) electrons. The van der Waals surface area contributed by atoms with E-state index in [1.54, 1.807) is 18.3 Å². The fourth-order valence-electron chi connectivity index (χ4n) is 2.66. The van der Waals surface area contributed by atoms with E-state index in [0.717, 1.165) is 11.5 Å². The summed E-state index contributed by atoms with van der Waals surface area (Å²) in [5.41, 5.74) is 0.809. The zero-order valence-electron chi connectivity index (χ0n) is 12.1. The maximum Gasteiger partial charge on any atom is 0.229 e. The van der Waals surface area contributed by atoms with Gasteiger partial charge in [-0.05, 0) is 37.1 Å². The van der Waals surface area contributed by atoms with E-state index >= 15 is 0 Å². The van der Waals surface area contributed by atoms with Crippen molar-refractivity contribution in [3.8, 4) is 0 Å². The summed E-state index contributed by atoms with van der Waals surface area (Å²) >= 11 is 11.9. The normalized spacial score (nSPS) is 15.5. The Hall–Kier alpha value is -1.52. The number of nitrogens with zero attached hydrogens (tertiary/aromatic N) is 2. The van der Waals surface area contributed by atoms with Gasteiger partial charge in [0.1, 0.15) is 5.82 Å². The van der Waals surface area contributed by atoms with Crippen LogP contribution in [0.1, 0.15) is 32.1 Å². The van der Waals surface area contributed by atoms with Crippen LogP contribution < -0.4 is 10.6 Å². The van der Waals surface area contributed by atoms with Gasteiger partial charge in [-0.3, -0.25) is 0 Å².